The predicted octanol–water partition coefficient (Wildman–Crippen LogP) is 3.13. The molecule has 4 aliphatic rings. The van der Waals surface area contributed by atoms with Gasteiger partial charge in [0.1, 0.15) is 11.4 Å². The molecule has 0 spiro atoms. The van der Waals surface area contributed by atoms with Gasteiger partial charge in [-0.25, -0.2) is 4.99 Å². The number of piperazine rings is 1. The van der Waals surface area contributed by atoms with Crippen LogP contribution in [0.1, 0.15) is 38.3 Å². The molecule has 172 valence electrons. The summed E-state index contributed by atoms with van der Waals surface area (Å²) in [5, 5.41) is 6.81. The van der Waals surface area contributed by atoms with E-state index < -0.39 is 0 Å². The number of nitrogens with one attached hydrogen (secondary N) is 2. The van der Waals surface area contributed by atoms with E-state index >= 15 is 0 Å². The summed E-state index contributed by atoms with van der Waals surface area (Å²) in [4.78, 5) is 34.4. The van der Waals surface area contributed by atoms with E-state index in [1.54, 1.807) is 24.3 Å². The minimum atomic E-state index is -0.294. The van der Waals surface area contributed by atoms with Crippen molar-refractivity contribution in [2.45, 2.75) is 12.5 Å². The third-order valence-electron chi connectivity index (χ3n) is 6.76. The number of anilines is 1. The summed E-state index contributed by atoms with van der Waals surface area (Å²) in [6, 6.07) is 8.85. The SMILES string of the molecule is O=C1c2ccccc2C(=O)c2c3c(cc(NCCCN4CCNCC4)c21)OC1C=CC=CC1=N3. The molecule has 1 atom stereocenters. The van der Waals surface area contributed by atoms with E-state index in [0.717, 1.165) is 44.9 Å². The van der Waals surface area contributed by atoms with Crippen molar-refractivity contribution in [1.29, 1.82) is 0 Å². The van der Waals surface area contributed by atoms with Crippen LogP contribution in [0.25, 0.3) is 0 Å². The van der Waals surface area contributed by atoms with Gasteiger partial charge in [-0.2, -0.15) is 0 Å². The molecular weight excluding hydrogens is 428 g/mol. The Bertz CT molecular complexity index is 1270. The fraction of sp³-hybridized carbons (Fsp3) is 0.296. The zero-order chi connectivity index (χ0) is 23.1. The normalized spacial score (nSPS) is 20.6. The molecule has 1 unspecified atom stereocenters. The third-order valence-corrected chi connectivity index (χ3v) is 6.76. The maximum Gasteiger partial charge on any atom is 0.196 e. The van der Waals surface area contributed by atoms with Gasteiger partial charge in [-0.15, -0.1) is 0 Å². The second kappa shape index (κ2) is 8.66. The van der Waals surface area contributed by atoms with Crippen molar-refractivity contribution in [1.82, 2.24) is 10.2 Å². The molecule has 2 aromatic carbocycles. The van der Waals surface area contributed by atoms with Gasteiger partial charge >= 0.3 is 0 Å². The van der Waals surface area contributed by atoms with E-state index in [1.807, 2.05) is 30.4 Å². The lowest BCUT2D eigenvalue weighted by molar-refractivity contribution is 0.0979. The molecule has 0 aromatic heterocycles. The molecule has 0 radical (unpaired) electrons. The Hall–Kier alpha value is -3.55. The van der Waals surface area contributed by atoms with Gasteiger partial charge in [-0.3, -0.25) is 9.59 Å². The second-order valence-corrected chi connectivity index (χ2v) is 8.92. The molecule has 2 aliphatic heterocycles. The number of carbonyl (C=O) groups excluding carboxylic acids is 2. The Morgan fingerprint density at radius 1 is 1.06 bits per heavy atom. The number of ether oxygens (including phenoxy) is 1. The zero-order valence-electron chi connectivity index (χ0n) is 18.8. The Kier molecular flexibility index (Phi) is 5.36. The number of hydrogen-bond donors (Lipinski definition) is 2. The maximum absolute atomic E-state index is 13.6. The van der Waals surface area contributed by atoms with Crippen LogP contribution >= 0.6 is 0 Å². The molecule has 0 bridgehead atoms. The highest BCUT2D eigenvalue weighted by Crippen LogP contribution is 2.46. The first-order valence-corrected chi connectivity index (χ1v) is 11.9. The van der Waals surface area contributed by atoms with E-state index in [9.17, 15) is 9.59 Å². The Balaban J connectivity index is 1.37. The lowest BCUT2D eigenvalue weighted by atomic mass is 9.81. The predicted molar refractivity (Wildman–Crippen MR) is 132 cm³/mol. The highest BCUT2D eigenvalue weighted by atomic mass is 16.5. The molecule has 1 saturated heterocycles. The summed E-state index contributed by atoms with van der Waals surface area (Å²) >= 11 is 0. The molecule has 7 heteroatoms. The average molecular weight is 455 g/mol. The summed E-state index contributed by atoms with van der Waals surface area (Å²) in [5.41, 5.74) is 3.39. The number of benzene rings is 2. The monoisotopic (exact) mass is 454 g/mol. The fourth-order valence-electron chi connectivity index (χ4n) is 5.03. The van der Waals surface area contributed by atoms with Crippen molar-refractivity contribution in [3.63, 3.8) is 0 Å². The highest BCUT2D eigenvalue weighted by Gasteiger charge is 2.37. The molecular formula is C27H26N4O3. The number of carbonyl (C=O) groups is 2. The van der Waals surface area contributed by atoms with Crippen LogP contribution in [0.3, 0.4) is 0 Å². The van der Waals surface area contributed by atoms with Gasteiger partial charge in [0.25, 0.3) is 0 Å². The van der Waals surface area contributed by atoms with Crippen molar-refractivity contribution < 1.29 is 14.3 Å². The van der Waals surface area contributed by atoms with Gasteiger partial charge < -0.3 is 20.3 Å². The summed E-state index contributed by atoms with van der Waals surface area (Å²) in [6.45, 7) is 5.82. The van der Waals surface area contributed by atoms with Crippen LogP contribution in [0.4, 0.5) is 11.4 Å². The number of aliphatic imine (C=N–C) groups is 1. The van der Waals surface area contributed by atoms with Crippen LogP contribution in [0.15, 0.2) is 59.6 Å². The largest absolute Gasteiger partial charge is 0.478 e. The molecule has 2 heterocycles. The molecule has 0 amide bonds. The van der Waals surface area contributed by atoms with E-state index in [1.165, 1.54) is 0 Å². The van der Waals surface area contributed by atoms with Crippen LogP contribution in [0.2, 0.25) is 0 Å². The summed E-state index contributed by atoms with van der Waals surface area (Å²) in [5.74, 6) is 0.184. The lowest BCUT2D eigenvalue weighted by Gasteiger charge is -2.29. The van der Waals surface area contributed by atoms with Gasteiger partial charge in [-0.05, 0) is 25.1 Å². The minimum absolute atomic E-state index is 0.154. The van der Waals surface area contributed by atoms with Crippen molar-refractivity contribution in [2.24, 2.45) is 4.99 Å². The van der Waals surface area contributed by atoms with Gasteiger partial charge in [0, 0.05) is 55.6 Å². The number of allylic oxidation sites excluding steroid dienone is 2. The lowest BCUT2D eigenvalue weighted by Crippen LogP contribution is -2.44. The molecule has 1 fully saturated rings. The van der Waals surface area contributed by atoms with Gasteiger partial charge in [0.15, 0.2) is 17.7 Å². The van der Waals surface area contributed by atoms with Gasteiger partial charge in [0.2, 0.25) is 0 Å². The standard InChI is InChI=1S/C27H26N4O3/c32-26-17-6-1-2-7-18(17)27(33)24-23(26)20(29-10-5-13-31-14-11-28-12-15-31)16-22-25(24)30-19-8-3-4-9-21(19)34-22/h1-4,6-9,16,21,28-29H,5,10-15H2. The second-order valence-electron chi connectivity index (χ2n) is 8.92. The Morgan fingerprint density at radius 2 is 1.82 bits per heavy atom. The molecule has 7 nitrogen and oxygen atoms in total. The topological polar surface area (TPSA) is 83.0 Å². The summed E-state index contributed by atoms with van der Waals surface area (Å²) in [7, 11) is 0. The smallest absolute Gasteiger partial charge is 0.196 e. The van der Waals surface area contributed by atoms with Crippen LogP contribution in [0.5, 0.6) is 5.75 Å². The molecule has 6 rings (SSSR count). The number of rotatable bonds is 5. The Morgan fingerprint density at radius 3 is 2.62 bits per heavy atom. The highest BCUT2D eigenvalue weighted by molar-refractivity contribution is 6.32. The van der Waals surface area contributed by atoms with Gasteiger partial charge in [-0.1, -0.05) is 36.4 Å². The number of nitrogens with zero attached hydrogens (tertiary/aromatic N) is 2. The van der Waals surface area contributed by atoms with E-state index in [0.29, 0.717) is 45.9 Å². The number of fused-ring (bicyclic) bond motifs is 5. The first-order chi connectivity index (χ1) is 16.7. The first kappa shape index (κ1) is 21.0. The average Bonchev–Trinajstić information content (AvgIpc) is 2.88. The minimum Gasteiger partial charge on any atom is -0.478 e. The van der Waals surface area contributed by atoms with E-state index in [4.69, 9.17) is 9.73 Å². The molecule has 34 heavy (non-hydrogen) atoms. The third kappa shape index (κ3) is 3.57. The maximum atomic E-state index is 13.6. The summed E-state index contributed by atoms with van der Waals surface area (Å²) < 4.78 is 6.23. The molecule has 0 saturated carbocycles. The fourth-order valence-corrected chi connectivity index (χ4v) is 5.03. The van der Waals surface area contributed by atoms with Crippen molar-refractivity contribution in [2.75, 3.05) is 44.6 Å². The van der Waals surface area contributed by atoms with Crippen LogP contribution in [-0.4, -0.2) is 67.6 Å². The van der Waals surface area contributed by atoms with Crippen molar-refractivity contribution in [3.05, 3.63) is 76.9 Å². The van der Waals surface area contributed by atoms with Crippen LogP contribution in [-0.2, 0) is 0 Å². The number of hydrogen-bond acceptors (Lipinski definition) is 7. The molecule has 2 aromatic rings. The first-order valence-electron chi connectivity index (χ1n) is 11.9. The van der Waals surface area contributed by atoms with Gasteiger partial charge in [0.05, 0.1) is 16.8 Å². The van der Waals surface area contributed by atoms with Crippen LogP contribution < -0.4 is 15.4 Å². The zero-order valence-corrected chi connectivity index (χ0v) is 18.8. The summed E-state index contributed by atoms with van der Waals surface area (Å²) in [6.07, 6.45) is 8.28. The van der Waals surface area contributed by atoms with E-state index in [-0.39, 0.29) is 17.7 Å². The van der Waals surface area contributed by atoms with E-state index in [2.05, 4.69) is 15.5 Å². The van der Waals surface area contributed by atoms with Crippen molar-refractivity contribution in [3.8, 4) is 5.75 Å². The van der Waals surface area contributed by atoms with Crippen LogP contribution in [0, 0.1) is 0 Å². The Labute approximate surface area is 198 Å². The molecule has 2 aliphatic carbocycles. The molecule has 2 N–H and O–H groups in total. The van der Waals surface area contributed by atoms with Crippen molar-refractivity contribution >= 4 is 28.7 Å². The quantitative estimate of drug-likeness (QED) is 0.577. The number of ketones is 2.